The van der Waals surface area contributed by atoms with Gasteiger partial charge in [-0.15, -0.1) is 10.2 Å². The number of carbonyl (C=O) groups excluding carboxylic acids is 1. The Morgan fingerprint density at radius 3 is 2.88 bits per heavy atom. The molecular formula is C15H14IN5O2S. The van der Waals surface area contributed by atoms with Crippen LogP contribution in [-0.4, -0.2) is 26.5 Å². The Labute approximate surface area is 156 Å². The number of aromatic nitrogens is 3. The van der Waals surface area contributed by atoms with E-state index in [9.17, 15) is 4.79 Å². The van der Waals surface area contributed by atoms with Crippen molar-refractivity contribution in [3.63, 3.8) is 0 Å². The Hall–Kier alpha value is -2.01. The number of nitrogen functional groups attached to an aromatic ring is 1. The second-order valence-corrected chi connectivity index (χ2v) is 6.99. The Kier molecular flexibility index (Phi) is 5.09. The zero-order valence-electron chi connectivity index (χ0n) is 12.7. The van der Waals surface area contributed by atoms with E-state index in [1.54, 1.807) is 12.3 Å². The summed E-state index contributed by atoms with van der Waals surface area (Å²) in [4.78, 5) is 12.1. The van der Waals surface area contributed by atoms with E-state index < -0.39 is 0 Å². The molecule has 1 amide bonds. The van der Waals surface area contributed by atoms with E-state index in [1.165, 1.54) is 16.4 Å². The van der Waals surface area contributed by atoms with Gasteiger partial charge in [0.1, 0.15) is 5.76 Å². The van der Waals surface area contributed by atoms with Gasteiger partial charge in [0, 0.05) is 3.57 Å². The van der Waals surface area contributed by atoms with Gasteiger partial charge < -0.3 is 15.6 Å². The fourth-order valence-electron chi connectivity index (χ4n) is 2.06. The minimum absolute atomic E-state index is 0.131. The smallest absolute Gasteiger partial charge is 0.234 e. The summed E-state index contributed by atoms with van der Waals surface area (Å²) in [5, 5.41) is 11.4. The lowest BCUT2D eigenvalue weighted by atomic mass is 10.2. The molecule has 0 atom stereocenters. The van der Waals surface area contributed by atoms with Crippen LogP contribution in [0.15, 0.2) is 46.2 Å². The second-order valence-electron chi connectivity index (χ2n) is 4.88. The number of carbonyl (C=O) groups is 1. The number of halogens is 1. The van der Waals surface area contributed by atoms with E-state index in [0.29, 0.717) is 16.7 Å². The Morgan fingerprint density at radius 1 is 1.38 bits per heavy atom. The van der Waals surface area contributed by atoms with Gasteiger partial charge in [-0.1, -0.05) is 23.9 Å². The summed E-state index contributed by atoms with van der Waals surface area (Å²) in [6.45, 7) is 1.83. The molecule has 124 valence electrons. The van der Waals surface area contributed by atoms with Crippen LogP contribution in [0.4, 0.5) is 5.69 Å². The molecule has 2 aromatic heterocycles. The maximum atomic E-state index is 12.1. The van der Waals surface area contributed by atoms with Crippen LogP contribution < -0.4 is 11.2 Å². The van der Waals surface area contributed by atoms with Crippen LogP contribution in [0.3, 0.4) is 0 Å². The molecule has 0 unspecified atom stereocenters. The summed E-state index contributed by atoms with van der Waals surface area (Å²) >= 11 is 3.40. The van der Waals surface area contributed by atoms with Crippen molar-refractivity contribution < 1.29 is 9.21 Å². The Balaban J connectivity index is 1.65. The predicted octanol–water partition coefficient (Wildman–Crippen LogP) is 2.90. The first-order valence-electron chi connectivity index (χ1n) is 6.98. The summed E-state index contributed by atoms with van der Waals surface area (Å²) in [7, 11) is 0. The number of aryl methyl sites for hydroxylation is 1. The minimum atomic E-state index is -0.131. The van der Waals surface area contributed by atoms with Gasteiger partial charge >= 0.3 is 0 Å². The van der Waals surface area contributed by atoms with Crippen molar-refractivity contribution in [1.29, 1.82) is 0 Å². The molecule has 9 heteroatoms. The summed E-state index contributed by atoms with van der Waals surface area (Å²) < 4.78 is 7.59. The number of amides is 1. The molecular weight excluding hydrogens is 441 g/mol. The molecule has 3 rings (SSSR count). The van der Waals surface area contributed by atoms with Gasteiger partial charge in [0.05, 0.1) is 23.3 Å². The number of hydrogen-bond acceptors (Lipinski definition) is 6. The first-order valence-corrected chi connectivity index (χ1v) is 9.05. The van der Waals surface area contributed by atoms with Crippen molar-refractivity contribution in [3.05, 3.63) is 45.9 Å². The van der Waals surface area contributed by atoms with Crippen LogP contribution in [0.2, 0.25) is 0 Å². The maximum absolute atomic E-state index is 12.1. The number of anilines is 1. The van der Waals surface area contributed by atoms with Crippen molar-refractivity contribution in [3.8, 4) is 11.4 Å². The number of benzene rings is 1. The molecule has 0 aliphatic rings. The lowest BCUT2D eigenvalue weighted by Crippen LogP contribution is -2.17. The van der Waals surface area contributed by atoms with Gasteiger partial charge in [-0.25, -0.2) is 4.68 Å². The van der Waals surface area contributed by atoms with Gasteiger partial charge in [-0.3, -0.25) is 4.79 Å². The summed E-state index contributed by atoms with van der Waals surface area (Å²) in [6.07, 6.45) is 1.57. The summed E-state index contributed by atoms with van der Waals surface area (Å²) in [6, 6.07) is 9.36. The van der Waals surface area contributed by atoms with Crippen LogP contribution in [0.25, 0.3) is 11.4 Å². The molecule has 0 saturated carbocycles. The topological polar surface area (TPSA) is 99.0 Å². The highest BCUT2D eigenvalue weighted by molar-refractivity contribution is 14.1. The third-order valence-electron chi connectivity index (χ3n) is 3.24. The normalized spacial score (nSPS) is 10.8. The van der Waals surface area contributed by atoms with E-state index >= 15 is 0 Å². The van der Waals surface area contributed by atoms with Crippen molar-refractivity contribution >= 4 is 45.9 Å². The molecule has 0 saturated heterocycles. The van der Waals surface area contributed by atoms with E-state index in [0.717, 1.165) is 14.8 Å². The third-order valence-corrected chi connectivity index (χ3v) is 5.13. The number of hydrogen-bond donors (Lipinski definition) is 2. The molecule has 3 aromatic rings. The highest BCUT2D eigenvalue weighted by Crippen LogP contribution is 2.25. The molecule has 0 bridgehead atoms. The van der Waals surface area contributed by atoms with Gasteiger partial charge in [-0.05, 0) is 47.7 Å². The van der Waals surface area contributed by atoms with E-state index in [4.69, 9.17) is 10.3 Å². The fraction of sp³-hybridized carbons (Fsp3) is 0.133. The number of nitrogens with two attached hydrogens (primary N) is 1. The van der Waals surface area contributed by atoms with Gasteiger partial charge in [0.15, 0.2) is 5.82 Å². The molecule has 0 fully saturated rings. The molecule has 7 nitrogen and oxygen atoms in total. The number of furan rings is 1. The van der Waals surface area contributed by atoms with Crippen LogP contribution in [0.5, 0.6) is 0 Å². The molecule has 0 aliphatic carbocycles. The molecule has 0 aliphatic heterocycles. The molecule has 1 aromatic carbocycles. The van der Waals surface area contributed by atoms with Crippen LogP contribution in [0, 0.1) is 10.5 Å². The highest BCUT2D eigenvalue weighted by atomic mass is 127. The van der Waals surface area contributed by atoms with E-state index in [2.05, 4.69) is 38.1 Å². The zero-order chi connectivity index (χ0) is 17.1. The average molecular weight is 455 g/mol. The first-order chi connectivity index (χ1) is 11.6. The fourth-order valence-corrected chi connectivity index (χ4v) is 3.23. The molecule has 3 N–H and O–H groups in total. The monoisotopic (exact) mass is 455 g/mol. The van der Waals surface area contributed by atoms with Crippen LogP contribution >= 0.6 is 34.4 Å². The summed E-state index contributed by atoms with van der Waals surface area (Å²) in [5.41, 5.74) is 1.56. The predicted molar refractivity (Wildman–Crippen MR) is 101 cm³/mol. The minimum Gasteiger partial charge on any atom is -0.469 e. The van der Waals surface area contributed by atoms with E-state index in [1.807, 2.05) is 31.2 Å². The lowest BCUT2D eigenvalue weighted by Gasteiger charge is -2.07. The standard InChI is InChI=1S/C15H14IN5O2S/c1-9-10(6-7-23-9)14-19-20-15(21(14)17)24-8-13(22)18-12-5-3-2-4-11(12)16/h2-7H,8,17H2,1H3,(H,18,22). The largest absolute Gasteiger partial charge is 0.469 e. The van der Waals surface area contributed by atoms with Crippen molar-refractivity contribution in [1.82, 2.24) is 14.9 Å². The molecule has 2 heterocycles. The van der Waals surface area contributed by atoms with Gasteiger partial charge in [0.2, 0.25) is 11.1 Å². The van der Waals surface area contributed by atoms with E-state index in [-0.39, 0.29) is 11.7 Å². The Bertz CT molecular complexity index is 876. The average Bonchev–Trinajstić information content (AvgIpc) is 3.13. The second kappa shape index (κ2) is 7.26. The Morgan fingerprint density at radius 2 is 2.17 bits per heavy atom. The van der Waals surface area contributed by atoms with Crippen molar-refractivity contribution in [2.45, 2.75) is 12.1 Å². The van der Waals surface area contributed by atoms with Crippen LogP contribution in [0.1, 0.15) is 5.76 Å². The SMILES string of the molecule is Cc1occc1-c1nnc(SCC(=O)Nc2ccccc2I)n1N. The molecule has 24 heavy (non-hydrogen) atoms. The number of para-hydroxylation sites is 1. The van der Waals surface area contributed by atoms with Crippen LogP contribution in [-0.2, 0) is 4.79 Å². The number of nitrogens with one attached hydrogen (secondary N) is 1. The maximum Gasteiger partial charge on any atom is 0.234 e. The summed E-state index contributed by atoms with van der Waals surface area (Å²) in [5.74, 6) is 7.29. The number of thioether (sulfide) groups is 1. The lowest BCUT2D eigenvalue weighted by molar-refractivity contribution is -0.113. The van der Waals surface area contributed by atoms with Crippen molar-refractivity contribution in [2.24, 2.45) is 0 Å². The van der Waals surface area contributed by atoms with Gasteiger partial charge in [0.25, 0.3) is 0 Å². The number of nitrogens with zero attached hydrogens (tertiary/aromatic N) is 3. The van der Waals surface area contributed by atoms with Gasteiger partial charge in [-0.2, -0.15) is 0 Å². The zero-order valence-corrected chi connectivity index (χ0v) is 15.7. The third kappa shape index (κ3) is 3.56. The first kappa shape index (κ1) is 16.8. The molecule has 0 spiro atoms. The highest BCUT2D eigenvalue weighted by Gasteiger charge is 2.16. The molecule has 0 radical (unpaired) electrons. The van der Waals surface area contributed by atoms with Crippen molar-refractivity contribution in [2.75, 3.05) is 16.9 Å². The number of rotatable bonds is 5. The quantitative estimate of drug-likeness (QED) is 0.349.